The third-order valence-corrected chi connectivity index (χ3v) is 6.51. The zero-order valence-corrected chi connectivity index (χ0v) is 17.1. The fraction of sp³-hybridized carbons (Fsp3) is 0.360. The third kappa shape index (κ3) is 4.86. The topological polar surface area (TPSA) is 24.5 Å². The van der Waals surface area contributed by atoms with Crippen LogP contribution in [0.4, 0.5) is 13.2 Å². The molecular weight excluding hydrogens is 401 g/mol. The molecule has 6 heteroatoms. The highest BCUT2D eigenvalue weighted by Gasteiger charge is 2.54. The van der Waals surface area contributed by atoms with E-state index in [0.29, 0.717) is 12.5 Å². The Morgan fingerprint density at radius 1 is 0.871 bits per heavy atom. The van der Waals surface area contributed by atoms with Crippen molar-refractivity contribution >= 4 is 10.8 Å². The molecule has 1 saturated carbocycles. The van der Waals surface area contributed by atoms with Gasteiger partial charge in [-0.3, -0.25) is 4.90 Å². The van der Waals surface area contributed by atoms with Crippen LogP contribution in [0.2, 0.25) is 0 Å². The van der Waals surface area contributed by atoms with E-state index in [4.69, 9.17) is 0 Å². The minimum Gasteiger partial charge on any atom is -0.406 e. The Bertz CT molecular complexity index is 1060. The molecule has 2 fully saturated rings. The number of ether oxygens (including phenoxy) is 1. The fourth-order valence-corrected chi connectivity index (χ4v) is 5.00. The second-order valence-corrected chi connectivity index (χ2v) is 8.69. The number of halogens is 3. The normalized spacial score (nSPS) is 23.1. The van der Waals surface area contributed by atoms with E-state index in [-0.39, 0.29) is 5.75 Å². The maximum Gasteiger partial charge on any atom is 0.573 e. The second-order valence-electron chi connectivity index (χ2n) is 8.69. The molecule has 1 N–H and O–H groups in total. The summed E-state index contributed by atoms with van der Waals surface area (Å²) in [6, 6.07) is 21.3. The maximum absolute atomic E-state index is 12.4. The minimum atomic E-state index is -4.66. The number of alkyl halides is 3. The van der Waals surface area contributed by atoms with Crippen molar-refractivity contribution in [1.29, 1.82) is 0 Å². The van der Waals surface area contributed by atoms with Gasteiger partial charge in [-0.05, 0) is 64.4 Å². The number of likely N-dealkylation sites (tertiary alicyclic amines) is 1. The molecule has 1 aliphatic carbocycles. The number of rotatable bonds is 7. The molecule has 0 aromatic heterocycles. The summed E-state index contributed by atoms with van der Waals surface area (Å²) < 4.78 is 41.1. The lowest BCUT2D eigenvalue weighted by molar-refractivity contribution is -0.274. The highest BCUT2D eigenvalue weighted by Crippen LogP contribution is 2.51. The average Bonchev–Trinajstić information content (AvgIpc) is 3.17. The van der Waals surface area contributed by atoms with Crippen LogP contribution < -0.4 is 10.1 Å². The first-order valence-electron chi connectivity index (χ1n) is 10.7. The summed E-state index contributed by atoms with van der Waals surface area (Å²) >= 11 is 0. The van der Waals surface area contributed by atoms with E-state index in [1.165, 1.54) is 28.5 Å². The standard InChI is InChI=1S/C25H25F3N2O/c26-25(27,28)31-21-7-3-4-17(11-21)12-29-13-22-23-15-30(16-24(22)23)14-18-8-9-19-5-1-2-6-20(19)10-18/h1-11,22-24,29H,12-16H2. The summed E-state index contributed by atoms with van der Waals surface area (Å²) in [4.78, 5) is 2.54. The third-order valence-electron chi connectivity index (χ3n) is 6.51. The van der Waals surface area contributed by atoms with Crippen LogP contribution in [0.3, 0.4) is 0 Å². The molecule has 0 bridgehead atoms. The van der Waals surface area contributed by atoms with E-state index >= 15 is 0 Å². The SMILES string of the molecule is FC(F)(F)Oc1cccc(CNCC2C3CN(Cc4ccc5ccccc5c4)CC23)c1. The van der Waals surface area contributed by atoms with Crippen molar-refractivity contribution in [2.75, 3.05) is 19.6 Å². The average molecular weight is 426 g/mol. The number of hydrogen-bond acceptors (Lipinski definition) is 3. The molecule has 2 aliphatic rings. The monoisotopic (exact) mass is 426 g/mol. The lowest BCUT2D eigenvalue weighted by Gasteiger charge is -2.20. The molecular formula is C25H25F3N2O. The minimum absolute atomic E-state index is 0.167. The van der Waals surface area contributed by atoms with E-state index in [2.05, 4.69) is 57.4 Å². The molecule has 3 nitrogen and oxygen atoms in total. The molecule has 0 radical (unpaired) electrons. The van der Waals surface area contributed by atoms with Gasteiger partial charge < -0.3 is 10.1 Å². The molecule has 1 aliphatic heterocycles. The number of fused-ring (bicyclic) bond motifs is 2. The molecule has 1 saturated heterocycles. The van der Waals surface area contributed by atoms with Gasteiger partial charge in [-0.15, -0.1) is 13.2 Å². The van der Waals surface area contributed by atoms with Gasteiger partial charge in [-0.25, -0.2) is 0 Å². The first-order chi connectivity index (χ1) is 14.9. The van der Waals surface area contributed by atoms with E-state index in [1.807, 2.05) is 6.07 Å². The molecule has 5 rings (SSSR count). The molecule has 3 aromatic rings. The van der Waals surface area contributed by atoms with E-state index in [9.17, 15) is 13.2 Å². The van der Waals surface area contributed by atoms with E-state index < -0.39 is 6.36 Å². The highest BCUT2D eigenvalue weighted by atomic mass is 19.4. The Balaban J connectivity index is 1.07. The summed E-state index contributed by atoms with van der Waals surface area (Å²) in [5.74, 6) is 1.96. The van der Waals surface area contributed by atoms with Crippen molar-refractivity contribution in [2.24, 2.45) is 17.8 Å². The van der Waals surface area contributed by atoms with Crippen LogP contribution in [0.1, 0.15) is 11.1 Å². The number of benzene rings is 3. The van der Waals surface area contributed by atoms with Crippen molar-refractivity contribution in [2.45, 2.75) is 19.5 Å². The van der Waals surface area contributed by atoms with Crippen LogP contribution in [0.25, 0.3) is 10.8 Å². The van der Waals surface area contributed by atoms with Gasteiger partial charge in [0.05, 0.1) is 0 Å². The lowest BCUT2D eigenvalue weighted by Crippen LogP contribution is -2.27. The van der Waals surface area contributed by atoms with Crippen LogP contribution in [-0.2, 0) is 13.1 Å². The van der Waals surface area contributed by atoms with Gasteiger partial charge in [0.15, 0.2) is 0 Å². The smallest absolute Gasteiger partial charge is 0.406 e. The van der Waals surface area contributed by atoms with Gasteiger partial charge in [0.25, 0.3) is 0 Å². The summed E-state index contributed by atoms with van der Waals surface area (Å²) in [7, 11) is 0. The summed E-state index contributed by atoms with van der Waals surface area (Å²) in [6.45, 7) is 4.69. The van der Waals surface area contributed by atoms with E-state index in [0.717, 1.165) is 43.6 Å². The number of piperidine rings is 1. The summed E-state index contributed by atoms with van der Waals surface area (Å²) in [5.41, 5.74) is 2.15. The quantitative estimate of drug-likeness (QED) is 0.562. The number of nitrogens with zero attached hydrogens (tertiary/aromatic N) is 1. The molecule has 2 unspecified atom stereocenters. The van der Waals surface area contributed by atoms with Crippen molar-refractivity contribution in [1.82, 2.24) is 10.2 Å². The van der Waals surface area contributed by atoms with Crippen LogP contribution in [0, 0.1) is 17.8 Å². The van der Waals surface area contributed by atoms with E-state index in [1.54, 1.807) is 6.07 Å². The number of nitrogens with one attached hydrogen (secondary N) is 1. The van der Waals surface area contributed by atoms with Crippen molar-refractivity contribution < 1.29 is 17.9 Å². The summed E-state index contributed by atoms with van der Waals surface area (Å²) in [5, 5.41) is 5.97. The van der Waals surface area contributed by atoms with Crippen LogP contribution in [0.15, 0.2) is 66.7 Å². The Morgan fingerprint density at radius 2 is 1.65 bits per heavy atom. The Hall–Kier alpha value is -2.57. The molecule has 162 valence electrons. The zero-order valence-electron chi connectivity index (χ0n) is 17.1. The summed E-state index contributed by atoms with van der Waals surface area (Å²) in [6.07, 6.45) is -4.66. The fourth-order valence-electron chi connectivity index (χ4n) is 5.00. The molecule has 0 spiro atoms. The van der Waals surface area contributed by atoms with Crippen molar-refractivity contribution in [3.63, 3.8) is 0 Å². The van der Waals surface area contributed by atoms with Crippen molar-refractivity contribution in [3.05, 3.63) is 77.9 Å². The molecule has 31 heavy (non-hydrogen) atoms. The molecule has 1 heterocycles. The van der Waals surface area contributed by atoms with Gasteiger partial charge in [0, 0.05) is 26.2 Å². The van der Waals surface area contributed by atoms with Crippen molar-refractivity contribution in [3.8, 4) is 5.75 Å². The van der Waals surface area contributed by atoms with Gasteiger partial charge in [0.2, 0.25) is 0 Å². The zero-order chi connectivity index (χ0) is 21.4. The van der Waals surface area contributed by atoms with Gasteiger partial charge in [0.1, 0.15) is 5.75 Å². The van der Waals surface area contributed by atoms with Crippen LogP contribution in [0.5, 0.6) is 5.75 Å². The predicted molar refractivity (Wildman–Crippen MR) is 115 cm³/mol. The largest absolute Gasteiger partial charge is 0.573 e. The highest BCUT2D eigenvalue weighted by molar-refractivity contribution is 5.82. The number of hydrogen-bond donors (Lipinski definition) is 1. The second kappa shape index (κ2) is 8.17. The first kappa shape index (κ1) is 20.3. The predicted octanol–water partition coefficient (Wildman–Crippen LogP) is 5.21. The Morgan fingerprint density at radius 3 is 2.42 bits per heavy atom. The first-order valence-corrected chi connectivity index (χ1v) is 10.7. The van der Waals surface area contributed by atoms with Gasteiger partial charge in [-0.2, -0.15) is 0 Å². The Kier molecular flexibility index (Phi) is 5.36. The lowest BCUT2D eigenvalue weighted by atomic mass is 10.1. The molecule has 0 amide bonds. The van der Waals surface area contributed by atoms with Gasteiger partial charge >= 0.3 is 6.36 Å². The van der Waals surface area contributed by atoms with Crippen LogP contribution >= 0.6 is 0 Å². The Labute approximate surface area is 179 Å². The maximum atomic E-state index is 12.4. The molecule has 2 atom stereocenters. The van der Waals surface area contributed by atoms with Crippen LogP contribution in [-0.4, -0.2) is 30.9 Å². The van der Waals surface area contributed by atoms with Gasteiger partial charge in [-0.1, -0.05) is 48.5 Å². The molecule has 3 aromatic carbocycles.